The fraction of sp³-hybridized carbons (Fsp3) is 1.00. The summed E-state index contributed by atoms with van der Waals surface area (Å²) >= 11 is 0. The standard InChI is InChI=1S/C6H15N3.2C2H6/c7-3-5-1-2-9-4-6(5)8;2*1-2/h5-6,9H,1-4,7-8H2;2*1-2H3. The van der Waals surface area contributed by atoms with Crippen molar-refractivity contribution in [2.24, 2.45) is 17.4 Å². The average molecular weight is 189 g/mol. The Balaban J connectivity index is 0. The van der Waals surface area contributed by atoms with Crippen molar-refractivity contribution in [1.82, 2.24) is 5.32 Å². The van der Waals surface area contributed by atoms with Crippen LogP contribution in [0.4, 0.5) is 0 Å². The molecule has 3 heteroatoms. The second kappa shape index (κ2) is 11.9. The van der Waals surface area contributed by atoms with Crippen LogP contribution in [0, 0.1) is 5.92 Å². The van der Waals surface area contributed by atoms with Crippen molar-refractivity contribution < 1.29 is 0 Å². The lowest BCUT2D eigenvalue weighted by Crippen LogP contribution is -2.48. The predicted octanol–water partition coefficient (Wildman–Crippen LogP) is 0.934. The third-order valence-corrected chi connectivity index (χ3v) is 1.98. The quantitative estimate of drug-likeness (QED) is 0.575. The molecular weight excluding hydrogens is 162 g/mol. The molecule has 1 aliphatic heterocycles. The van der Waals surface area contributed by atoms with E-state index in [1.54, 1.807) is 0 Å². The molecule has 0 amide bonds. The molecule has 0 bridgehead atoms. The minimum absolute atomic E-state index is 0.281. The summed E-state index contributed by atoms with van der Waals surface area (Å²) in [7, 11) is 0. The molecule has 0 aromatic rings. The lowest BCUT2D eigenvalue weighted by Gasteiger charge is -2.27. The normalized spacial score (nSPS) is 26.3. The van der Waals surface area contributed by atoms with E-state index in [2.05, 4.69) is 5.32 Å². The van der Waals surface area contributed by atoms with Crippen LogP contribution < -0.4 is 16.8 Å². The zero-order valence-electron chi connectivity index (χ0n) is 9.64. The molecule has 5 N–H and O–H groups in total. The summed E-state index contributed by atoms with van der Waals surface area (Å²) in [5.74, 6) is 0.547. The highest BCUT2D eigenvalue weighted by molar-refractivity contribution is 4.80. The Kier molecular flexibility index (Phi) is 14.0. The topological polar surface area (TPSA) is 64.1 Å². The molecule has 0 saturated carbocycles. The van der Waals surface area contributed by atoms with Crippen LogP contribution in [0.1, 0.15) is 34.1 Å². The number of nitrogens with one attached hydrogen (secondary N) is 1. The summed E-state index contributed by atoms with van der Waals surface area (Å²) < 4.78 is 0. The molecule has 1 saturated heterocycles. The highest BCUT2D eigenvalue weighted by Crippen LogP contribution is 2.07. The van der Waals surface area contributed by atoms with E-state index in [0.717, 1.165) is 26.1 Å². The van der Waals surface area contributed by atoms with Gasteiger partial charge in [0.25, 0.3) is 0 Å². The van der Waals surface area contributed by atoms with Gasteiger partial charge in [0.1, 0.15) is 0 Å². The minimum atomic E-state index is 0.281. The van der Waals surface area contributed by atoms with Gasteiger partial charge in [-0.1, -0.05) is 27.7 Å². The largest absolute Gasteiger partial charge is 0.330 e. The van der Waals surface area contributed by atoms with Gasteiger partial charge in [-0.3, -0.25) is 0 Å². The molecule has 3 nitrogen and oxygen atoms in total. The van der Waals surface area contributed by atoms with Crippen molar-refractivity contribution in [2.75, 3.05) is 19.6 Å². The van der Waals surface area contributed by atoms with Gasteiger partial charge in [-0.25, -0.2) is 0 Å². The van der Waals surface area contributed by atoms with Gasteiger partial charge in [0, 0.05) is 12.6 Å². The van der Waals surface area contributed by atoms with Gasteiger partial charge in [-0.2, -0.15) is 0 Å². The van der Waals surface area contributed by atoms with Crippen molar-refractivity contribution in [2.45, 2.75) is 40.2 Å². The molecule has 0 aromatic heterocycles. The Morgan fingerprint density at radius 3 is 2.08 bits per heavy atom. The van der Waals surface area contributed by atoms with Gasteiger partial charge in [-0.15, -0.1) is 0 Å². The first-order valence-electron chi connectivity index (χ1n) is 5.51. The molecule has 1 rings (SSSR count). The summed E-state index contributed by atoms with van der Waals surface area (Å²) in [4.78, 5) is 0. The van der Waals surface area contributed by atoms with E-state index in [0.29, 0.717) is 5.92 Å². The zero-order valence-corrected chi connectivity index (χ0v) is 9.64. The summed E-state index contributed by atoms with van der Waals surface area (Å²) in [5, 5.41) is 3.22. The highest BCUT2D eigenvalue weighted by atomic mass is 14.9. The van der Waals surface area contributed by atoms with Crippen LogP contribution in [0.3, 0.4) is 0 Å². The maximum atomic E-state index is 5.75. The van der Waals surface area contributed by atoms with Crippen LogP contribution in [0.25, 0.3) is 0 Å². The summed E-state index contributed by atoms with van der Waals surface area (Å²) in [6, 6.07) is 0.281. The molecular formula is C10H27N3. The van der Waals surface area contributed by atoms with E-state index in [-0.39, 0.29) is 6.04 Å². The lowest BCUT2D eigenvalue weighted by molar-refractivity contribution is 0.331. The zero-order chi connectivity index (χ0) is 10.7. The van der Waals surface area contributed by atoms with Crippen molar-refractivity contribution >= 4 is 0 Å². The van der Waals surface area contributed by atoms with E-state index in [4.69, 9.17) is 11.5 Å². The monoisotopic (exact) mass is 189 g/mol. The van der Waals surface area contributed by atoms with Crippen LogP contribution in [0.15, 0.2) is 0 Å². The number of piperidine rings is 1. The first kappa shape index (κ1) is 15.4. The fourth-order valence-corrected chi connectivity index (χ4v) is 1.23. The molecule has 2 atom stereocenters. The number of hydrogen-bond donors (Lipinski definition) is 3. The fourth-order valence-electron chi connectivity index (χ4n) is 1.23. The Labute approximate surface area is 83.3 Å². The second-order valence-electron chi connectivity index (χ2n) is 2.65. The van der Waals surface area contributed by atoms with E-state index in [9.17, 15) is 0 Å². The average Bonchev–Trinajstić information content (AvgIpc) is 2.24. The maximum Gasteiger partial charge on any atom is 0.0206 e. The predicted molar refractivity (Wildman–Crippen MR) is 60.7 cm³/mol. The smallest absolute Gasteiger partial charge is 0.0206 e. The molecule has 0 aromatic carbocycles. The molecule has 0 aliphatic carbocycles. The van der Waals surface area contributed by atoms with Crippen molar-refractivity contribution in [3.8, 4) is 0 Å². The van der Waals surface area contributed by atoms with Gasteiger partial charge in [0.05, 0.1) is 0 Å². The number of nitrogens with two attached hydrogens (primary N) is 2. The molecule has 0 radical (unpaired) electrons. The Morgan fingerprint density at radius 2 is 1.77 bits per heavy atom. The van der Waals surface area contributed by atoms with Crippen LogP contribution in [0.5, 0.6) is 0 Å². The Morgan fingerprint density at radius 1 is 1.23 bits per heavy atom. The van der Waals surface area contributed by atoms with E-state index in [1.165, 1.54) is 0 Å². The van der Waals surface area contributed by atoms with Crippen molar-refractivity contribution in [3.63, 3.8) is 0 Å². The van der Waals surface area contributed by atoms with Gasteiger partial charge in [0.15, 0.2) is 0 Å². The number of hydrogen-bond acceptors (Lipinski definition) is 3. The summed E-state index contributed by atoms with van der Waals surface area (Å²) in [6.07, 6.45) is 1.14. The van der Waals surface area contributed by atoms with Gasteiger partial charge < -0.3 is 16.8 Å². The van der Waals surface area contributed by atoms with E-state index >= 15 is 0 Å². The van der Waals surface area contributed by atoms with Crippen LogP contribution in [-0.2, 0) is 0 Å². The summed E-state index contributed by atoms with van der Waals surface area (Å²) in [5.41, 5.74) is 11.2. The molecule has 0 spiro atoms. The molecule has 2 unspecified atom stereocenters. The Bertz CT molecular complexity index is 86.2. The molecule has 82 valence electrons. The molecule has 1 heterocycles. The van der Waals surface area contributed by atoms with Gasteiger partial charge >= 0.3 is 0 Å². The molecule has 1 aliphatic rings. The first-order valence-corrected chi connectivity index (χ1v) is 5.51. The van der Waals surface area contributed by atoms with E-state index in [1.807, 2.05) is 27.7 Å². The summed E-state index contributed by atoms with van der Waals surface area (Å²) in [6.45, 7) is 10.8. The third-order valence-electron chi connectivity index (χ3n) is 1.98. The molecule has 13 heavy (non-hydrogen) atoms. The Hall–Kier alpha value is -0.120. The van der Waals surface area contributed by atoms with Crippen LogP contribution >= 0.6 is 0 Å². The molecule has 1 fully saturated rings. The third kappa shape index (κ3) is 6.99. The van der Waals surface area contributed by atoms with Crippen LogP contribution in [-0.4, -0.2) is 25.7 Å². The minimum Gasteiger partial charge on any atom is -0.330 e. The SMILES string of the molecule is CC.CC.NCC1CCNCC1N. The lowest BCUT2D eigenvalue weighted by atomic mass is 9.94. The van der Waals surface area contributed by atoms with Crippen LogP contribution in [0.2, 0.25) is 0 Å². The van der Waals surface area contributed by atoms with Crippen molar-refractivity contribution in [1.29, 1.82) is 0 Å². The first-order chi connectivity index (χ1) is 6.34. The highest BCUT2D eigenvalue weighted by Gasteiger charge is 2.18. The number of rotatable bonds is 1. The maximum absolute atomic E-state index is 5.75. The second-order valence-corrected chi connectivity index (χ2v) is 2.65. The van der Waals surface area contributed by atoms with Gasteiger partial charge in [-0.05, 0) is 25.4 Å². The van der Waals surface area contributed by atoms with Crippen molar-refractivity contribution in [3.05, 3.63) is 0 Å². The van der Waals surface area contributed by atoms with Gasteiger partial charge in [0.2, 0.25) is 0 Å². The van der Waals surface area contributed by atoms with E-state index < -0.39 is 0 Å².